The smallest absolute Gasteiger partial charge is 0.216 e. The number of nitrogens with zero attached hydrogens (tertiary/aromatic N) is 1. The van der Waals surface area contributed by atoms with Gasteiger partial charge in [-0.2, -0.15) is 5.26 Å². The van der Waals surface area contributed by atoms with Crippen molar-refractivity contribution in [3.63, 3.8) is 0 Å². The first-order valence-electron chi connectivity index (χ1n) is 4.66. The number of carbonyl (C=O) groups excluding carboxylic acids is 1. The van der Waals surface area contributed by atoms with Crippen LogP contribution in [-0.2, 0) is 11.3 Å². The molecule has 5 nitrogen and oxygen atoms in total. The minimum absolute atomic E-state index is 0.0402. The SMILES string of the molecule is CC(=O)NCCNCc1ccc(C#N)o1. The van der Waals surface area contributed by atoms with Gasteiger partial charge in [-0.15, -0.1) is 0 Å². The topological polar surface area (TPSA) is 78.1 Å². The van der Waals surface area contributed by atoms with Gasteiger partial charge in [-0.25, -0.2) is 0 Å². The van der Waals surface area contributed by atoms with E-state index in [1.807, 2.05) is 6.07 Å². The molecule has 15 heavy (non-hydrogen) atoms. The Morgan fingerprint density at radius 1 is 1.53 bits per heavy atom. The Hall–Kier alpha value is -1.80. The molecule has 1 aromatic rings. The minimum Gasteiger partial charge on any atom is -0.449 e. The Balaban J connectivity index is 2.15. The van der Waals surface area contributed by atoms with Crippen molar-refractivity contribution in [2.75, 3.05) is 13.1 Å². The molecule has 0 saturated heterocycles. The van der Waals surface area contributed by atoms with Gasteiger partial charge in [0, 0.05) is 20.0 Å². The van der Waals surface area contributed by atoms with E-state index in [0.29, 0.717) is 25.4 Å². The van der Waals surface area contributed by atoms with Crippen LogP contribution in [0.25, 0.3) is 0 Å². The van der Waals surface area contributed by atoms with E-state index in [9.17, 15) is 4.79 Å². The lowest BCUT2D eigenvalue weighted by molar-refractivity contribution is -0.118. The second kappa shape index (κ2) is 5.83. The molecule has 1 heterocycles. The first-order valence-corrected chi connectivity index (χ1v) is 4.66. The van der Waals surface area contributed by atoms with Crippen molar-refractivity contribution >= 4 is 5.91 Å². The molecular formula is C10H13N3O2. The van der Waals surface area contributed by atoms with Crippen LogP contribution < -0.4 is 10.6 Å². The highest BCUT2D eigenvalue weighted by Crippen LogP contribution is 2.05. The highest BCUT2D eigenvalue weighted by Gasteiger charge is 1.99. The number of hydrogen-bond acceptors (Lipinski definition) is 4. The molecule has 0 aliphatic rings. The van der Waals surface area contributed by atoms with Crippen molar-refractivity contribution in [3.8, 4) is 6.07 Å². The molecule has 0 spiro atoms. The second-order valence-electron chi connectivity index (χ2n) is 3.04. The fourth-order valence-electron chi connectivity index (χ4n) is 1.07. The number of nitriles is 1. The summed E-state index contributed by atoms with van der Waals surface area (Å²) >= 11 is 0. The predicted molar refractivity (Wildman–Crippen MR) is 53.8 cm³/mol. The summed E-state index contributed by atoms with van der Waals surface area (Å²) in [7, 11) is 0. The quantitative estimate of drug-likeness (QED) is 0.684. The van der Waals surface area contributed by atoms with Crippen LogP contribution in [0.1, 0.15) is 18.4 Å². The molecule has 0 atom stereocenters. The molecule has 2 N–H and O–H groups in total. The number of amides is 1. The zero-order chi connectivity index (χ0) is 11.1. The number of rotatable bonds is 5. The summed E-state index contributed by atoms with van der Waals surface area (Å²) in [5.74, 6) is 0.990. The summed E-state index contributed by atoms with van der Waals surface area (Å²) in [5, 5.41) is 14.3. The molecule has 0 unspecified atom stereocenters. The molecule has 1 aromatic heterocycles. The molecule has 1 amide bonds. The highest BCUT2D eigenvalue weighted by atomic mass is 16.3. The summed E-state index contributed by atoms with van der Waals surface area (Å²) < 4.78 is 5.15. The van der Waals surface area contributed by atoms with E-state index in [4.69, 9.17) is 9.68 Å². The minimum atomic E-state index is -0.0402. The van der Waals surface area contributed by atoms with Crippen LogP contribution in [0, 0.1) is 11.3 Å². The monoisotopic (exact) mass is 207 g/mol. The predicted octanol–water partition coefficient (Wildman–Crippen LogP) is 0.377. The molecule has 0 aliphatic heterocycles. The molecule has 0 radical (unpaired) electrons. The van der Waals surface area contributed by atoms with Gasteiger partial charge < -0.3 is 15.1 Å². The van der Waals surface area contributed by atoms with Gasteiger partial charge in [0.15, 0.2) is 0 Å². The van der Waals surface area contributed by atoms with Gasteiger partial charge in [-0.1, -0.05) is 0 Å². The normalized spacial score (nSPS) is 9.60. The fraction of sp³-hybridized carbons (Fsp3) is 0.400. The summed E-state index contributed by atoms with van der Waals surface area (Å²) in [6, 6.07) is 5.30. The van der Waals surface area contributed by atoms with Gasteiger partial charge in [0.1, 0.15) is 11.8 Å². The van der Waals surface area contributed by atoms with Crippen molar-refractivity contribution in [1.82, 2.24) is 10.6 Å². The summed E-state index contributed by atoms with van der Waals surface area (Å²) in [6.45, 7) is 3.29. The number of furan rings is 1. The largest absolute Gasteiger partial charge is 0.449 e. The average molecular weight is 207 g/mol. The molecule has 0 bridgehead atoms. The molecule has 5 heteroatoms. The molecule has 0 fully saturated rings. The van der Waals surface area contributed by atoms with E-state index in [2.05, 4.69) is 10.6 Å². The standard InChI is InChI=1S/C10H13N3O2/c1-8(14)13-5-4-12-7-10-3-2-9(6-11)15-10/h2-3,12H,4-5,7H2,1H3,(H,13,14). The Morgan fingerprint density at radius 3 is 2.93 bits per heavy atom. The Bertz CT molecular complexity index is 365. The number of hydrogen-bond donors (Lipinski definition) is 2. The van der Waals surface area contributed by atoms with Gasteiger partial charge >= 0.3 is 0 Å². The molecular weight excluding hydrogens is 194 g/mol. The van der Waals surface area contributed by atoms with E-state index in [1.165, 1.54) is 6.92 Å². The molecule has 0 aliphatic carbocycles. The van der Waals surface area contributed by atoms with Gasteiger partial charge in [0.25, 0.3) is 0 Å². The summed E-state index contributed by atoms with van der Waals surface area (Å²) in [6.07, 6.45) is 0. The fourth-order valence-corrected chi connectivity index (χ4v) is 1.07. The molecule has 80 valence electrons. The summed E-state index contributed by atoms with van der Waals surface area (Å²) in [5.41, 5.74) is 0. The molecule has 0 aromatic carbocycles. The van der Waals surface area contributed by atoms with E-state index in [1.54, 1.807) is 12.1 Å². The first-order chi connectivity index (χ1) is 7.22. The van der Waals surface area contributed by atoms with E-state index in [0.717, 1.165) is 5.76 Å². The Labute approximate surface area is 88.1 Å². The van der Waals surface area contributed by atoms with Crippen molar-refractivity contribution in [1.29, 1.82) is 5.26 Å². The van der Waals surface area contributed by atoms with Gasteiger partial charge in [0.05, 0.1) is 6.54 Å². The van der Waals surface area contributed by atoms with E-state index >= 15 is 0 Å². The van der Waals surface area contributed by atoms with Crippen LogP contribution >= 0.6 is 0 Å². The number of carbonyl (C=O) groups is 1. The van der Waals surface area contributed by atoms with Gasteiger partial charge in [-0.05, 0) is 12.1 Å². The van der Waals surface area contributed by atoms with Crippen molar-refractivity contribution in [3.05, 3.63) is 23.7 Å². The lowest BCUT2D eigenvalue weighted by Gasteiger charge is -2.02. The van der Waals surface area contributed by atoms with Crippen molar-refractivity contribution in [2.45, 2.75) is 13.5 Å². The maximum Gasteiger partial charge on any atom is 0.216 e. The van der Waals surface area contributed by atoms with Crippen LogP contribution in [-0.4, -0.2) is 19.0 Å². The maximum atomic E-state index is 10.5. The zero-order valence-electron chi connectivity index (χ0n) is 8.54. The second-order valence-corrected chi connectivity index (χ2v) is 3.04. The van der Waals surface area contributed by atoms with Crippen LogP contribution in [0.4, 0.5) is 0 Å². The van der Waals surface area contributed by atoms with Gasteiger partial charge in [-0.3, -0.25) is 4.79 Å². The Kier molecular flexibility index (Phi) is 4.38. The summed E-state index contributed by atoms with van der Waals surface area (Å²) in [4.78, 5) is 10.5. The molecule has 1 rings (SSSR count). The van der Waals surface area contributed by atoms with Crippen LogP contribution in [0.5, 0.6) is 0 Å². The van der Waals surface area contributed by atoms with Crippen LogP contribution in [0.2, 0.25) is 0 Å². The van der Waals surface area contributed by atoms with Crippen molar-refractivity contribution < 1.29 is 9.21 Å². The van der Waals surface area contributed by atoms with E-state index in [-0.39, 0.29) is 5.91 Å². The van der Waals surface area contributed by atoms with Crippen LogP contribution in [0.15, 0.2) is 16.5 Å². The van der Waals surface area contributed by atoms with E-state index < -0.39 is 0 Å². The first kappa shape index (κ1) is 11.3. The highest BCUT2D eigenvalue weighted by molar-refractivity contribution is 5.72. The van der Waals surface area contributed by atoms with Crippen molar-refractivity contribution in [2.24, 2.45) is 0 Å². The third kappa shape index (κ3) is 4.29. The zero-order valence-corrected chi connectivity index (χ0v) is 8.54. The average Bonchev–Trinajstić information content (AvgIpc) is 2.65. The van der Waals surface area contributed by atoms with Gasteiger partial charge in [0.2, 0.25) is 11.7 Å². The lowest BCUT2D eigenvalue weighted by atomic mass is 10.4. The number of nitrogens with one attached hydrogen (secondary N) is 2. The van der Waals surface area contributed by atoms with Crippen LogP contribution in [0.3, 0.4) is 0 Å². The molecule has 0 saturated carbocycles. The third-order valence-electron chi connectivity index (χ3n) is 1.75. The lowest BCUT2D eigenvalue weighted by Crippen LogP contribution is -2.29. The maximum absolute atomic E-state index is 10.5. The third-order valence-corrected chi connectivity index (χ3v) is 1.75. The Morgan fingerprint density at radius 2 is 2.33 bits per heavy atom.